The zero-order valence-corrected chi connectivity index (χ0v) is 78.8. The van der Waals surface area contributed by atoms with Gasteiger partial charge < -0.3 is 36.1 Å². The van der Waals surface area contributed by atoms with Gasteiger partial charge in [-0.2, -0.15) is 0 Å². The summed E-state index contributed by atoms with van der Waals surface area (Å²) < 4.78 is 33.4. The third kappa shape index (κ3) is 13.2. The Balaban J connectivity index is 0.000000102. The number of para-hydroxylation sites is 15. The predicted octanol–water partition coefficient (Wildman–Crippen LogP) is 34.0. The van der Waals surface area contributed by atoms with E-state index in [9.17, 15) is 0 Å². The highest BCUT2D eigenvalue weighted by Crippen LogP contribution is 2.46. The molecule has 0 unspecified atom stereocenters. The maximum atomic E-state index is 6.54. The van der Waals surface area contributed by atoms with E-state index in [4.69, 9.17) is 43.2 Å². The van der Waals surface area contributed by atoms with Gasteiger partial charge in [0.05, 0.1) is 66.2 Å². The van der Waals surface area contributed by atoms with E-state index in [0.29, 0.717) is 34.2 Å². The van der Waals surface area contributed by atoms with E-state index in [1.165, 1.54) is 97.7 Å². The first-order valence-electron chi connectivity index (χ1n) is 49.5. The van der Waals surface area contributed by atoms with Gasteiger partial charge in [-0.15, -0.1) is 0 Å². The SMILES string of the molecule is c1cc(-c2nc(-c3cccc(-n4c5ccccc5c5ccccc54)c3)c3oc4ccccc4c3n2)cc(-n2c3ccccc3c3ccccc32)c1.c1cc(-c2nc(-n3c4ccccc4c4ccccc43)c3oc4ccccc4c3n2)cc(-n2c3ccccc3c3ccccc32)c1.c1ccc2c(c1)oc1c(-c3ccc(-n4c5ccccc5c5ccccc54)cc3)nc(-c3ccc(-n4c5ccccc5c5ccccc54)cc3)nc12. The van der Waals surface area contributed by atoms with Crippen molar-refractivity contribution in [2.75, 3.05) is 0 Å². The number of benzene rings is 20. The first-order valence-corrected chi connectivity index (χ1v) is 49.5. The molecular weight excluding hydrogens is 1800 g/mol. The number of nitrogens with zero attached hydrogens (tertiary/aromatic N) is 12. The molecule has 0 aliphatic rings. The fraction of sp³-hybridized carbons (Fsp3) is 0. The second-order valence-corrected chi connectivity index (χ2v) is 37.5. The number of hydrogen-bond donors (Lipinski definition) is 0. The molecule has 15 heteroatoms. The number of furan rings is 3. The average Bonchev–Trinajstić information content (AvgIpc) is 1.55. The number of hydrogen-bond acceptors (Lipinski definition) is 9. The van der Waals surface area contributed by atoms with Crippen LogP contribution in [0, 0.1) is 0 Å². The van der Waals surface area contributed by atoms with E-state index in [2.05, 4.69) is 458 Å². The molecule has 0 atom stereocenters. The maximum absolute atomic E-state index is 6.54. The smallest absolute Gasteiger partial charge is 0.197 e. The summed E-state index contributed by atoms with van der Waals surface area (Å²) in [6.45, 7) is 0. The molecule has 0 radical (unpaired) electrons. The Morgan fingerprint density at radius 2 is 0.361 bits per heavy atom. The molecule has 20 aromatic carbocycles. The van der Waals surface area contributed by atoms with Crippen molar-refractivity contribution in [3.05, 3.63) is 485 Å². The average molecular weight is 1880 g/mol. The van der Waals surface area contributed by atoms with Crippen LogP contribution < -0.4 is 0 Å². The molecule has 12 heterocycles. The topological polar surface area (TPSA) is 146 Å². The lowest BCUT2D eigenvalue weighted by molar-refractivity contribution is 0.662. The Bertz CT molecular complexity index is 10700. The Labute approximate surface area is 838 Å². The van der Waals surface area contributed by atoms with Crippen LogP contribution in [0.5, 0.6) is 0 Å². The Morgan fingerprint density at radius 1 is 0.143 bits per heavy atom. The van der Waals surface area contributed by atoms with Crippen LogP contribution in [0.25, 0.3) is 288 Å². The first kappa shape index (κ1) is 82.7. The normalized spacial score (nSPS) is 11.9. The van der Waals surface area contributed by atoms with Crippen LogP contribution in [-0.4, -0.2) is 57.3 Å². The van der Waals surface area contributed by atoms with Gasteiger partial charge in [0.1, 0.15) is 44.7 Å². The van der Waals surface area contributed by atoms with E-state index in [-0.39, 0.29) is 0 Å². The van der Waals surface area contributed by atoms with E-state index >= 15 is 0 Å². The molecule has 0 saturated heterocycles. The van der Waals surface area contributed by atoms with Crippen LogP contribution in [0.1, 0.15) is 0 Å². The monoisotopic (exact) mass is 1880 g/mol. The highest BCUT2D eigenvalue weighted by molar-refractivity contribution is 6.17. The van der Waals surface area contributed by atoms with Gasteiger partial charge in [0, 0.05) is 137 Å². The zero-order chi connectivity index (χ0) is 96.4. The molecule has 32 rings (SSSR count). The molecule has 12 aromatic heterocycles. The lowest BCUT2D eigenvalue weighted by Gasteiger charge is -2.12. The minimum Gasteiger partial charge on any atom is -0.452 e. The van der Waals surface area contributed by atoms with Crippen LogP contribution in [-0.2, 0) is 0 Å². The molecule has 15 nitrogen and oxygen atoms in total. The summed E-state index contributed by atoms with van der Waals surface area (Å²) in [5.74, 6) is 2.68. The minimum absolute atomic E-state index is 0.647. The first-order chi connectivity index (χ1) is 72.9. The van der Waals surface area contributed by atoms with Crippen LogP contribution in [0.15, 0.2) is 499 Å². The van der Waals surface area contributed by atoms with Crippen LogP contribution in [0.3, 0.4) is 0 Å². The number of rotatable bonds is 11. The molecule has 0 saturated carbocycles. The third-order valence-electron chi connectivity index (χ3n) is 29.2. The second-order valence-electron chi connectivity index (χ2n) is 37.5. The number of aromatic nitrogens is 12. The largest absolute Gasteiger partial charge is 0.452 e. The van der Waals surface area contributed by atoms with Gasteiger partial charge in [0.15, 0.2) is 40.0 Å². The van der Waals surface area contributed by atoms with Crippen molar-refractivity contribution in [2.45, 2.75) is 0 Å². The van der Waals surface area contributed by atoms with Gasteiger partial charge in [0.25, 0.3) is 0 Å². The lowest BCUT2D eigenvalue weighted by Crippen LogP contribution is -2.02. The predicted molar refractivity (Wildman–Crippen MR) is 601 cm³/mol. The minimum atomic E-state index is 0.647. The van der Waals surface area contributed by atoms with E-state index in [1.807, 2.05) is 54.6 Å². The fourth-order valence-corrected chi connectivity index (χ4v) is 22.7. The van der Waals surface area contributed by atoms with Gasteiger partial charge in [0.2, 0.25) is 0 Å². The highest BCUT2D eigenvalue weighted by atomic mass is 16.3. The van der Waals surface area contributed by atoms with Gasteiger partial charge in [-0.25, -0.2) is 29.9 Å². The van der Waals surface area contributed by atoms with Crippen LogP contribution in [0.2, 0.25) is 0 Å². The Morgan fingerprint density at radius 3 is 0.667 bits per heavy atom. The molecule has 0 fully saturated rings. The van der Waals surface area contributed by atoms with E-state index in [0.717, 1.165) is 156 Å². The molecule has 32 aromatic rings. The Kier molecular flexibility index (Phi) is 18.7. The molecule has 0 amide bonds. The van der Waals surface area contributed by atoms with Crippen molar-refractivity contribution in [3.8, 4) is 90.9 Å². The maximum Gasteiger partial charge on any atom is 0.197 e. The lowest BCUT2D eigenvalue weighted by atomic mass is 10.1. The molecule has 147 heavy (non-hydrogen) atoms. The molecule has 0 bridgehead atoms. The molecule has 0 N–H and O–H groups in total. The third-order valence-corrected chi connectivity index (χ3v) is 29.2. The van der Waals surface area contributed by atoms with Crippen molar-refractivity contribution in [1.29, 1.82) is 0 Å². The van der Waals surface area contributed by atoms with Gasteiger partial charge in [-0.05, 0) is 182 Å². The van der Waals surface area contributed by atoms with Crippen LogP contribution in [0.4, 0.5) is 0 Å². The van der Waals surface area contributed by atoms with Crippen molar-refractivity contribution < 1.29 is 13.3 Å². The quantitative estimate of drug-likeness (QED) is 0.123. The van der Waals surface area contributed by atoms with Gasteiger partial charge in [-0.1, -0.05) is 303 Å². The van der Waals surface area contributed by atoms with Crippen molar-refractivity contribution in [3.63, 3.8) is 0 Å². The molecular formula is C132H80N12O3. The summed E-state index contributed by atoms with van der Waals surface area (Å²) in [6.07, 6.45) is 0. The summed E-state index contributed by atoms with van der Waals surface area (Å²) in [6, 6.07) is 170. The highest BCUT2D eigenvalue weighted by Gasteiger charge is 2.28. The summed E-state index contributed by atoms with van der Waals surface area (Å²) in [7, 11) is 0. The van der Waals surface area contributed by atoms with Gasteiger partial charge >= 0.3 is 0 Å². The van der Waals surface area contributed by atoms with Crippen molar-refractivity contribution >= 4 is 197 Å². The second kappa shape index (κ2) is 33.3. The van der Waals surface area contributed by atoms with E-state index < -0.39 is 0 Å². The molecule has 0 spiro atoms. The van der Waals surface area contributed by atoms with Crippen molar-refractivity contribution in [2.24, 2.45) is 0 Å². The fourth-order valence-electron chi connectivity index (χ4n) is 22.7. The zero-order valence-electron chi connectivity index (χ0n) is 78.8. The molecule has 0 aliphatic carbocycles. The molecule has 0 aliphatic heterocycles. The summed E-state index contributed by atoms with van der Waals surface area (Å²) >= 11 is 0. The van der Waals surface area contributed by atoms with Gasteiger partial charge in [-0.3, -0.25) is 4.57 Å². The van der Waals surface area contributed by atoms with E-state index in [1.54, 1.807) is 0 Å². The summed E-state index contributed by atoms with van der Waals surface area (Å²) in [4.78, 5) is 31.3. The standard InChI is InChI=1S/2C46H28N4O.C40H24N4O/c1-6-22-38-33(17-1)34-18-2-7-23-39(34)49(38)31-15-11-13-29(27-31)43-45-44(37-21-5-10-26-42(37)51-45)48-46(47-43)30-14-12-16-32(28-30)50-40-24-8-3-19-35(40)36-20-4-9-25-41(36)50;1-6-16-38-33(11-1)34-12-2-7-17-39(34)49(38)31-25-21-29(22-26-31)43-45-44(37-15-5-10-20-42(37)51-45)48-46(47-43)30-23-27-32(28-24-30)50-40-18-8-3-13-35(40)36-14-4-9-19-41(36)50;1-6-19-32-27(14-1)28-15-2-7-20-33(28)43(32)26-13-11-12-25(24-26)39-41-37-31-18-5-10-23-36(31)45-38(37)40(42-39)44-34-21-8-3-16-29(34)30-17-4-9-22-35(30)44/h2*1-28H;1-24H. The summed E-state index contributed by atoms with van der Waals surface area (Å²) in [5.41, 5.74) is 32.3. The van der Waals surface area contributed by atoms with Crippen molar-refractivity contribution in [1.82, 2.24) is 57.3 Å². The summed E-state index contributed by atoms with van der Waals surface area (Å²) in [5, 5.41) is 17.6. The molecule has 686 valence electrons. The van der Waals surface area contributed by atoms with Crippen LogP contribution >= 0.6 is 0 Å². The number of fused-ring (bicyclic) bond motifs is 27. The Hall–Kier alpha value is -20.2.